The molecule has 0 radical (unpaired) electrons. The van der Waals surface area contributed by atoms with Crippen LogP contribution in [0.5, 0.6) is 0 Å². The molecule has 3 aromatic rings. The van der Waals surface area contributed by atoms with Crippen molar-refractivity contribution in [2.75, 3.05) is 11.9 Å². The van der Waals surface area contributed by atoms with Crippen molar-refractivity contribution in [2.24, 2.45) is 0 Å². The first-order valence-corrected chi connectivity index (χ1v) is 8.00. The zero-order valence-electron chi connectivity index (χ0n) is 14.0. The Morgan fingerprint density at radius 1 is 1.20 bits per heavy atom. The SMILES string of the molecule is CN(Cc1ccccc1)c1ncccc1CNC(=O)Cn1cncn1. The third kappa shape index (κ3) is 4.63. The Morgan fingerprint density at radius 2 is 2.04 bits per heavy atom. The van der Waals surface area contributed by atoms with Crippen molar-refractivity contribution in [3.63, 3.8) is 0 Å². The third-order valence-corrected chi connectivity index (χ3v) is 3.74. The molecule has 1 N–H and O–H groups in total. The molecule has 0 saturated heterocycles. The fraction of sp³-hybridized carbons (Fsp3) is 0.222. The lowest BCUT2D eigenvalue weighted by Gasteiger charge is -2.21. The third-order valence-electron chi connectivity index (χ3n) is 3.74. The largest absolute Gasteiger partial charge is 0.355 e. The van der Waals surface area contributed by atoms with Crippen LogP contribution in [0.15, 0.2) is 61.3 Å². The summed E-state index contributed by atoms with van der Waals surface area (Å²) in [6.07, 6.45) is 4.69. The molecular formula is C18H20N6O. The van der Waals surface area contributed by atoms with Crippen LogP contribution in [-0.4, -0.2) is 32.7 Å². The fourth-order valence-electron chi connectivity index (χ4n) is 2.56. The average molecular weight is 336 g/mol. The van der Waals surface area contributed by atoms with Crippen molar-refractivity contribution < 1.29 is 4.79 Å². The molecule has 1 aromatic carbocycles. The predicted molar refractivity (Wildman–Crippen MR) is 94.7 cm³/mol. The van der Waals surface area contributed by atoms with Crippen LogP contribution in [-0.2, 0) is 24.4 Å². The molecule has 2 aromatic heterocycles. The smallest absolute Gasteiger partial charge is 0.242 e. The minimum absolute atomic E-state index is 0.119. The van der Waals surface area contributed by atoms with Gasteiger partial charge < -0.3 is 10.2 Å². The Kier molecular flexibility index (Phi) is 5.36. The summed E-state index contributed by atoms with van der Waals surface area (Å²) >= 11 is 0. The molecule has 128 valence electrons. The highest BCUT2D eigenvalue weighted by Gasteiger charge is 2.11. The van der Waals surface area contributed by atoms with Crippen LogP contribution >= 0.6 is 0 Å². The fourth-order valence-corrected chi connectivity index (χ4v) is 2.56. The highest BCUT2D eigenvalue weighted by atomic mass is 16.2. The van der Waals surface area contributed by atoms with Crippen molar-refractivity contribution >= 4 is 11.7 Å². The van der Waals surface area contributed by atoms with Gasteiger partial charge in [0.05, 0.1) is 0 Å². The van der Waals surface area contributed by atoms with E-state index in [2.05, 4.69) is 37.4 Å². The summed E-state index contributed by atoms with van der Waals surface area (Å²) in [5, 5.41) is 6.83. The molecule has 0 saturated carbocycles. The molecule has 0 spiro atoms. The first-order valence-electron chi connectivity index (χ1n) is 8.00. The number of carbonyl (C=O) groups is 1. The Morgan fingerprint density at radius 3 is 2.80 bits per heavy atom. The van der Waals surface area contributed by atoms with E-state index in [1.165, 1.54) is 22.9 Å². The number of pyridine rings is 1. The van der Waals surface area contributed by atoms with Gasteiger partial charge in [0.1, 0.15) is 25.0 Å². The lowest BCUT2D eigenvalue weighted by Crippen LogP contribution is -2.28. The quantitative estimate of drug-likeness (QED) is 0.710. The van der Waals surface area contributed by atoms with Crippen molar-refractivity contribution in [3.8, 4) is 0 Å². The van der Waals surface area contributed by atoms with Crippen LogP contribution in [0.2, 0.25) is 0 Å². The molecule has 0 fully saturated rings. The summed E-state index contributed by atoms with van der Waals surface area (Å²) in [5.74, 6) is 0.735. The van der Waals surface area contributed by atoms with Gasteiger partial charge in [-0.05, 0) is 11.6 Å². The van der Waals surface area contributed by atoms with Crippen LogP contribution in [0, 0.1) is 0 Å². The second-order valence-electron chi connectivity index (χ2n) is 5.70. The second kappa shape index (κ2) is 8.05. The number of hydrogen-bond donors (Lipinski definition) is 1. The van der Waals surface area contributed by atoms with Gasteiger partial charge in [-0.2, -0.15) is 5.10 Å². The van der Waals surface area contributed by atoms with E-state index in [1.54, 1.807) is 6.20 Å². The molecule has 3 rings (SSSR count). The minimum atomic E-state index is -0.119. The number of hydrogen-bond acceptors (Lipinski definition) is 5. The Labute approximate surface area is 146 Å². The Hall–Kier alpha value is -3.22. The topological polar surface area (TPSA) is 75.9 Å². The van der Waals surface area contributed by atoms with E-state index in [4.69, 9.17) is 0 Å². The monoisotopic (exact) mass is 336 g/mol. The standard InChI is InChI=1S/C18H20N6O/c1-23(11-15-6-3-2-4-7-15)18-16(8-5-9-20-18)10-21-17(25)12-24-14-19-13-22-24/h2-9,13-14H,10-12H2,1H3,(H,21,25). The number of anilines is 1. The number of rotatable bonds is 7. The maximum absolute atomic E-state index is 12.0. The van der Waals surface area contributed by atoms with Crippen LogP contribution < -0.4 is 10.2 Å². The highest BCUT2D eigenvalue weighted by Crippen LogP contribution is 2.18. The molecule has 0 aliphatic rings. The molecule has 2 heterocycles. The van der Waals surface area contributed by atoms with Crippen molar-refractivity contribution in [2.45, 2.75) is 19.6 Å². The molecule has 7 heteroatoms. The normalized spacial score (nSPS) is 10.4. The molecule has 0 atom stereocenters. The Balaban J connectivity index is 1.63. The number of nitrogens with zero attached hydrogens (tertiary/aromatic N) is 5. The van der Waals surface area contributed by atoms with E-state index in [-0.39, 0.29) is 12.5 Å². The van der Waals surface area contributed by atoms with Gasteiger partial charge in [0.2, 0.25) is 5.91 Å². The van der Waals surface area contributed by atoms with Gasteiger partial charge in [0.15, 0.2) is 0 Å². The summed E-state index contributed by atoms with van der Waals surface area (Å²) in [5.41, 5.74) is 2.17. The zero-order valence-corrected chi connectivity index (χ0v) is 14.0. The van der Waals surface area contributed by atoms with E-state index >= 15 is 0 Å². The zero-order chi connectivity index (χ0) is 17.5. The molecule has 0 unspecified atom stereocenters. The number of benzene rings is 1. The van der Waals surface area contributed by atoms with E-state index in [9.17, 15) is 4.79 Å². The number of amides is 1. The molecule has 0 bridgehead atoms. The summed E-state index contributed by atoms with van der Waals surface area (Å²) in [4.78, 5) is 22.4. The number of carbonyl (C=O) groups excluding carboxylic acids is 1. The van der Waals surface area contributed by atoms with E-state index in [0.717, 1.165) is 17.9 Å². The molecule has 0 aliphatic carbocycles. The first-order chi connectivity index (χ1) is 12.2. The lowest BCUT2D eigenvalue weighted by molar-refractivity contribution is -0.122. The van der Waals surface area contributed by atoms with Crippen LogP contribution in [0.1, 0.15) is 11.1 Å². The van der Waals surface area contributed by atoms with E-state index < -0.39 is 0 Å². The molecular weight excluding hydrogens is 316 g/mol. The number of aromatic nitrogens is 4. The summed E-state index contributed by atoms with van der Waals surface area (Å²) in [6, 6.07) is 14.1. The maximum Gasteiger partial charge on any atom is 0.242 e. The van der Waals surface area contributed by atoms with E-state index in [0.29, 0.717) is 6.54 Å². The molecule has 25 heavy (non-hydrogen) atoms. The van der Waals surface area contributed by atoms with Gasteiger partial charge in [-0.3, -0.25) is 4.79 Å². The summed E-state index contributed by atoms with van der Waals surface area (Å²) in [7, 11) is 2.00. The van der Waals surface area contributed by atoms with E-state index in [1.807, 2.05) is 37.4 Å². The lowest BCUT2D eigenvalue weighted by atomic mass is 10.2. The Bertz CT molecular complexity index is 803. The first kappa shape index (κ1) is 16.6. The van der Waals surface area contributed by atoms with Gasteiger partial charge in [0.25, 0.3) is 0 Å². The van der Waals surface area contributed by atoms with Gasteiger partial charge in [-0.15, -0.1) is 0 Å². The maximum atomic E-state index is 12.0. The van der Waals surface area contributed by atoms with Gasteiger partial charge in [-0.1, -0.05) is 36.4 Å². The average Bonchev–Trinajstić information content (AvgIpc) is 3.14. The minimum Gasteiger partial charge on any atom is -0.355 e. The summed E-state index contributed by atoms with van der Waals surface area (Å²) < 4.78 is 1.49. The summed E-state index contributed by atoms with van der Waals surface area (Å²) in [6.45, 7) is 1.31. The van der Waals surface area contributed by atoms with Crippen molar-refractivity contribution in [1.29, 1.82) is 0 Å². The molecule has 1 amide bonds. The van der Waals surface area contributed by atoms with Gasteiger partial charge in [0, 0.05) is 31.9 Å². The molecule has 0 aliphatic heterocycles. The second-order valence-corrected chi connectivity index (χ2v) is 5.70. The van der Waals surface area contributed by atoms with Crippen LogP contribution in [0.3, 0.4) is 0 Å². The predicted octanol–water partition coefficient (Wildman–Crippen LogP) is 1.63. The van der Waals surface area contributed by atoms with Crippen LogP contribution in [0.4, 0.5) is 5.82 Å². The van der Waals surface area contributed by atoms with Crippen molar-refractivity contribution in [1.82, 2.24) is 25.1 Å². The van der Waals surface area contributed by atoms with Gasteiger partial charge >= 0.3 is 0 Å². The van der Waals surface area contributed by atoms with Gasteiger partial charge in [-0.25, -0.2) is 14.6 Å². The highest BCUT2D eigenvalue weighted by molar-refractivity contribution is 5.75. The molecule has 7 nitrogen and oxygen atoms in total. The van der Waals surface area contributed by atoms with Crippen LogP contribution in [0.25, 0.3) is 0 Å². The van der Waals surface area contributed by atoms with Crippen molar-refractivity contribution in [3.05, 3.63) is 72.4 Å². The number of nitrogens with one attached hydrogen (secondary N) is 1.